The van der Waals surface area contributed by atoms with Crippen molar-refractivity contribution < 1.29 is 9.90 Å². The second kappa shape index (κ2) is 6.27. The van der Waals surface area contributed by atoms with Crippen molar-refractivity contribution in [2.75, 3.05) is 5.32 Å². The van der Waals surface area contributed by atoms with Gasteiger partial charge in [0.25, 0.3) is 5.91 Å². The highest BCUT2D eigenvalue weighted by Gasteiger charge is 2.24. The highest BCUT2D eigenvalue weighted by atomic mass is 16.3. The van der Waals surface area contributed by atoms with Gasteiger partial charge in [-0.1, -0.05) is 36.4 Å². The quantitative estimate of drug-likeness (QED) is 0.718. The molecule has 0 spiro atoms. The molecular weight excluding hydrogens is 294 g/mol. The molecule has 1 heterocycles. The molecule has 7 nitrogen and oxygen atoms in total. The summed E-state index contributed by atoms with van der Waals surface area (Å²) < 4.78 is 1.37. The summed E-state index contributed by atoms with van der Waals surface area (Å²) in [5, 5.41) is 23.7. The average Bonchev–Trinajstić information content (AvgIpc) is 3.06. The third-order valence-corrected chi connectivity index (χ3v) is 3.40. The van der Waals surface area contributed by atoms with Crippen LogP contribution >= 0.6 is 0 Å². The fourth-order valence-corrected chi connectivity index (χ4v) is 2.30. The summed E-state index contributed by atoms with van der Waals surface area (Å²) in [6.45, 7) is 1.88. The number of hydrogen-bond donors (Lipinski definition) is 2. The smallest absolute Gasteiger partial charge is 0.254 e. The Balaban J connectivity index is 1.94. The van der Waals surface area contributed by atoms with E-state index in [1.807, 2.05) is 37.3 Å². The summed E-state index contributed by atoms with van der Waals surface area (Å²) in [6, 6.07) is 13.5. The summed E-state index contributed by atoms with van der Waals surface area (Å²) in [5.74, 6) is -0.336. The van der Waals surface area contributed by atoms with Gasteiger partial charge in [0.05, 0.1) is 5.69 Å². The Hall–Kier alpha value is -3.22. The van der Waals surface area contributed by atoms with Crippen LogP contribution in [0.5, 0.6) is 5.75 Å². The summed E-state index contributed by atoms with van der Waals surface area (Å²) in [6.07, 6.45) is 1.38. The molecule has 1 amide bonds. The Morgan fingerprint density at radius 2 is 2.00 bits per heavy atom. The first-order valence-electron chi connectivity index (χ1n) is 7.03. The molecule has 0 saturated carbocycles. The fourth-order valence-electron chi connectivity index (χ4n) is 2.30. The lowest BCUT2D eigenvalue weighted by atomic mass is 10.1. The van der Waals surface area contributed by atoms with E-state index >= 15 is 0 Å². The van der Waals surface area contributed by atoms with Gasteiger partial charge in [0.15, 0.2) is 6.04 Å². The van der Waals surface area contributed by atoms with Crippen molar-refractivity contribution in [3.8, 4) is 5.75 Å². The van der Waals surface area contributed by atoms with E-state index in [0.717, 1.165) is 11.1 Å². The molecule has 0 bridgehead atoms. The van der Waals surface area contributed by atoms with Crippen LogP contribution < -0.4 is 5.32 Å². The molecule has 7 heteroatoms. The summed E-state index contributed by atoms with van der Waals surface area (Å²) in [5.41, 5.74) is 2.02. The second-order valence-electron chi connectivity index (χ2n) is 5.11. The zero-order chi connectivity index (χ0) is 16.2. The number of carbonyl (C=O) groups is 1. The van der Waals surface area contributed by atoms with Crippen LogP contribution in [0.15, 0.2) is 54.9 Å². The van der Waals surface area contributed by atoms with Crippen molar-refractivity contribution in [1.29, 1.82) is 0 Å². The lowest BCUT2D eigenvalue weighted by Crippen LogP contribution is -2.27. The third-order valence-electron chi connectivity index (χ3n) is 3.40. The number of nitrogens with one attached hydrogen (secondary N) is 1. The minimum atomic E-state index is -0.730. The third kappa shape index (κ3) is 3.18. The Kier molecular flexibility index (Phi) is 4.01. The summed E-state index contributed by atoms with van der Waals surface area (Å²) >= 11 is 0. The monoisotopic (exact) mass is 309 g/mol. The van der Waals surface area contributed by atoms with Gasteiger partial charge < -0.3 is 10.4 Å². The SMILES string of the molecule is Cc1ccc(O)c(NC(=O)C(c2ccccc2)n2cnnn2)c1. The lowest BCUT2D eigenvalue weighted by molar-refractivity contribution is -0.118. The minimum absolute atomic E-state index is 0.00692. The normalized spacial score (nSPS) is 11.9. The number of rotatable bonds is 4. The number of hydrogen-bond acceptors (Lipinski definition) is 5. The first-order valence-corrected chi connectivity index (χ1v) is 7.03. The fraction of sp³-hybridized carbons (Fsp3) is 0.125. The molecular formula is C16H15N5O2. The number of aromatic nitrogens is 4. The van der Waals surface area contributed by atoms with E-state index in [4.69, 9.17) is 0 Å². The number of carbonyl (C=O) groups excluding carboxylic acids is 1. The number of tetrazole rings is 1. The predicted octanol–water partition coefficient (Wildman–Crippen LogP) is 1.92. The van der Waals surface area contributed by atoms with Crippen LogP contribution in [-0.4, -0.2) is 31.2 Å². The molecule has 2 aromatic carbocycles. The second-order valence-corrected chi connectivity index (χ2v) is 5.11. The van der Waals surface area contributed by atoms with E-state index in [0.29, 0.717) is 5.69 Å². The molecule has 23 heavy (non-hydrogen) atoms. The van der Waals surface area contributed by atoms with Gasteiger partial charge in [-0.25, -0.2) is 4.68 Å². The van der Waals surface area contributed by atoms with Gasteiger partial charge in [-0.15, -0.1) is 5.10 Å². The van der Waals surface area contributed by atoms with Gasteiger partial charge in [0, 0.05) is 0 Å². The highest BCUT2D eigenvalue weighted by Crippen LogP contribution is 2.26. The predicted molar refractivity (Wildman–Crippen MR) is 83.9 cm³/mol. The van der Waals surface area contributed by atoms with E-state index in [9.17, 15) is 9.90 Å². The molecule has 3 aromatic rings. The summed E-state index contributed by atoms with van der Waals surface area (Å²) in [7, 11) is 0. The number of phenolic OH excluding ortho intramolecular Hbond substituents is 1. The Labute approximate surface area is 132 Å². The first-order chi connectivity index (χ1) is 11.1. The maximum Gasteiger partial charge on any atom is 0.254 e. The van der Waals surface area contributed by atoms with E-state index in [-0.39, 0.29) is 11.7 Å². The van der Waals surface area contributed by atoms with E-state index < -0.39 is 6.04 Å². The molecule has 1 atom stereocenters. The zero-order valence-electron chi connectivity index (χ0n) is 12.4. The van der Waals surface area contributed by atoms with Crippen molar-refractivity contribution in [2.24, 2.45) is 0 Å². The number of aromatic hydroxyl groups is 1. The lowest BCUT2D eigenvalue weighted by Gasteiger charge is -2.17. The van der Waals surface area contributed by atoms with Crippen LogP contribution in [0.25, 0.3) is 0 Å². The minimum Gasteiger partial charge on any atom is -0.506 e. The van der Waals surface area contributed by atoms with Crippen LogP contribution in [0.3, 0.4) is 0 Å². The van der Waals surface area contributed by atoms with Gasteiger partial charge in [0.2, 0.25) is 0 Å². The number of aryl methyl sites for hydroxylation is 1. The Bertz CT molecular complexity index is 803. The Morgan fingerprint density at radius 1 is 1.22 bits per heavy atom. The maximum atomic E-state index is 12.7. The molecule has 3 rings (SSSR count). The van der Waals surface area contributed by atoms with E-state index in [1.54, 1.807) is 18.2 Å². The number of benzene rings is 2. The van der Waals surface area contributed by atoms with Gasteiger partial charge >= 0.3 is 0 Å². The standard InChI is InChI=1S/C16H15N5O2/c1-11-7-8-14(22)13(9-11)18-16(23)15(21-10-17-19-20-21)12-5-3-2-4-6-12/h2-10,15,22H,1H3,(H,18,23). The molecule has 2 N–H and O–H groups in total. The maximum absolute atomic E-state index is 12.7. The Morgan fingerprint density at radius 3 is 2.70 bits per heavy atom. The molecule has 1 aromatic heterocycles. The van der Waals surface area contributed by atoms with Crippen LogP contribution in [0.1, 0.15) is 17.2 Å². The first kappa shape index (κ1) is 14.7. The number of amides is 1. The highest BCUT2D eigenvalue weighted by molar-refractivity contribution is 5.96. The van der Waals surface area contributed by atoms with E-state index in [1.165, 1.54) is 11.0 Å². The van der Waals surface area contributed by atoms with Crippen molar-refractivity contribution in [3.63, 3.8) is 0 Å². The zero-order valence-corrected chi connectivity index (χ0v) is 12.4. The molecule has 0 aliphatic rings. The largest absolute Gasteiger partial charge is 0.506 e. The molecule has 0 aliphatic heterocycles. The van der Waals surface area contributed by atoms with Crippen molar-refractivity contribution >= 4 is 11.6 Å². The van der Waals surface area contributed by atoms with Crippen LogP contribution in [0.2, 0.25) is 0 Å². The van der Waals surface area contributed by atoms with Crippen molar-refractivity contribution in [3.05, 3.63) is 66.0 Å². The molecule has 116 valence electrons. The number of nitrogens with zero attached hydrogens (tertiary/aromatic N) is 4. The molecule has 0 aliphatic carbocycles. The molecule has 0 radical (unpaired) electrons. The van der Waals surface area contributed by atoms with Crippen molar-refractivity contribution in [1.82, 2.24) is 20.2 Å². The number of phenols is 1. The van der Waals surface area contributed by atoms with Gasteiger partial charge in [-0.05, 0) is 40.6 Å². The van der Waals surface area contributed by atoms with Crippen LogP contribution in [0, 0.1) is 6.92 Å². The topological polar surface area (TPSA) is 92.9 Å². The van der Waals surface area contributed by atoms with Crippen molar-refractivity contribution in [2.45, 2.75) is 13.0 Å². The average molecular weight is 309 g/mol. The van der Waals surface area contributed by atoms with Crippen LogP contribution in [0.4, 0.5) is 5.69 Å². The number of anilines is 1. The van der Waals surface area contributed by atoms with Gasteiger partial charge in [-0.2, -0.15) is 0 Å². The molecule has 0 saturated heterocycles. The van der Waals surface area contributed by atoms with Gasteiger partial charge in [-0.3, -0.25) is 4.79 Å². The van der Waals surface area contributed by atoms with E-state index in [2.05, 4.69) is 20.8 Å². The molecule has 0 fully saturated rings. The molecule has 1 unspecified atom stereocenters. The summed E-state index contributed by atoms with van der Waals surface area (Å²) in [4.78, 5) is 12.7. The van der Waals surface area contributed by atoms with Crippen LogP contribution in [-0.2, 0) is 4.79 Å². The van der Waals surface area contributed by atoms with Gasteiger partial charge in [0.1, 0.15) is 12.1 Å².